The lowest BCUT2D eigenvalue weighted by Gasteiger charge is -2.21. The predicted molar refractivity (Wildman–Crippen MR) is 46.8 cm³/mol. The smallest absolute Gasteiger partial charge is 0.377 e. The first-order valence-corrected chi connectivity index (χ1v) is 4.85. The highest BCUT2D eigenvalue weighted by Crippen LogP contribution is 2.18. The standard InChI is InChI=1S/C8H8F6N2O3/c9-7(10,11)5(17)15-3-1-19-2-4(3)16-6(18)8(12,13)14/h3-4H,1-2H2,(H,15,17)(H,16,18)/t3-,4-/m1/s1. The maximum atomic E-state index is 12.0. The summed E-state index contributed by atoms with van der Waals surface area (Å²) in [6.45, 7) is -0.852. The zero-order valence-electron chi connectivity index (χ0n) is 9.06. The van der Waals surface area contributed by atoms with Gasteiger partial charge in [-0.05, 0) is 0 Å². The summed E-state index contributed by atoms with van der Waals surface area (Å²) in [6.07, 6.45) is -10.3. The molecule has 0 unspecified atom stereocenters. The van der Waals surface area contributed by atoms with E-state index >= 15 is 0 Å². The second-order valence-electron chi connectivity index (χ2n) is 3.69. The maximum absolute atomic E-state index is 12.0. The van der Waals surface area contributed by atoms with Gasteiger partial charge in [0, 0.05) is 0 Å². The van der Waals surface area contributed by atoms with Crippen LogP contribution < -0.4 is 10.6 Å². The molecule has 1 heterocycles. The Balaban J connectivity index is 2.60. The summed E-state index contributed by atoms with van der Waals surface area (Å²) < 4.78 is 76.4. The predicted octanol–water partition coefficient (Wildman–Crippen LogP) is 0.111. The van der Waals surface area contributed by atoms with Crippen molar-refractivity contribution in [3.8, 4) is 0 Å². The van der Waals surface area contributed by atoms with E-state index in [0.29, 0.717) is 0 Å². The minimum atomic E-state index is -5.17. The molecule has 1 aliphatic heterocycles. The summed E-state index contributed by atoms with van der Waals surface area (Å²) in [4.78, 5) is 21.2. The van der Waals surface area contributed by atoms with Gasteiger partial charge in [0.2, 0.25) is 0 Å². The third-order valence-corrected chi connectivity index (χ3v) is 2.23. The van der Waals surface area contributed by atoms with Crippen molar-refractivity contribution >= 4 is 11.8 Å². The molecule has 2 amide bonds. The number of hydrogen-bond acceptors (Lipinski definition) is 3. The molecular formula is C8H8F6N2O3. The first kappa shape index (κ1) is 15.5. The number of amides is 2. The maximum Gasteiger partial charge on any atom is 0.471 e. The zero-order valence-corrected chi connectivity index (χ0v) is 9.06. The average Bonchev–Trinajstić information content (AvgIpc) is 2.62. The van der Waals surface area contributed by atoms with Crippen molar-refractivity contribution in [2.45, 2.75) is 24.4 Å². The second kappa shape index (κ2) is 5.23. The molecule has 1 saturated heterocycles. The first-order valence-electron chi connectivity index (χ1n) is 4.85. The van der Waals surface area contributed by atoms with Gasteiger partial charge in [0.15, 0.2) is 0 Å². The van der Waals surface area contributed by atoms with Gasteiger partial charge in [-0.15, -0.1) is 0 Å². The SMILES string of the molecule is O=C(N[C@@H]1COC[C@H]1NC(=O)C(F)(F)F)C(F)(F)F. The Bertz CT molecular complexity index is 332. The Morgan fingerprint density at radius 1 is 0.842 bits per heavy atom. The molecule has 0 radical (unpaired) electrons. The van der Waals surface area contributed by atoms with Crippen molar-refractivity contribution in [3.05, 3.63) is 0 Å². The van der Waals surface area contributed by atoms with Crippen LogP contribution in [0.5, 0.6) is 0 Å². The van der Waals surface area contributed by atoms with Crippen molar-refractivity contribution < 1.29 is 40.7 Å². The monoisotopic (exact) mass is 294 g/mol. The van der Waals surface area contributed by atoms with E-state index in [1.807, 2.05) is 0 Å². The van der Waals surface area contributed by atoms with E-state index in [9.17, 15) is 35.9 Å². The highest BCUT2D eigenvalue weighted by molar-refractivity contribution is 5.83. The largest absolute Gasteiger partial charge is 0.471 e. The molecule has 0 aromatic heterocycles. The molecule has 2 N–H and O–H groups in total. The highest BCUT2D eigenvalue weighted by Gasteiger charge is 2.45. The topological polar surface area (TPSA) is 67.4 Å². The van der Waals surface area contributed by atoms with Crippen molar-refractivity contribution in [3.63, 3.8) is 0 Å². The Labute approximate surface area is 102 Å². The fourth-order valence-electron chi connectivity index (χ4n) is 1.34. The quantitative estimate of drug-likeness (QED) is 0.710. The fraction of sp³-hybridized carbons (Fsp3) is 0.750. The van der Waals surface area contributed by atoms with Crippen LogP contribution in [0.3, 0.4) is 0 Å². The minimum absolute atomic E-state index is 0.426. The van der Waals surface area contributed by atoms with Crippen molar-refractivity contribution in [2.24, 2.45) is 0 Å². The highest BCUT2D eigenvalue weighted by atomic mass is 19.4. The summed E-state index contributed by atoms with van der Waals surface area (Å²) in [5.74, 6) is -4.62. The third kappa shape index (κ3) is 4.26. The van der Waals surface area contributed by atoms with Crippen molar-refractivity contribution in [1.82, 2.24) is 10.6 Å². The molecule has 1 aliphatic rings. The van der Waals surface area contributed by atoms with Gasteiger partial charge in [0.05, 0.1) is 25.3 Å². The van der Waals surface area contributed by atoms with E-state index in [2.05, 4.69) is 4.74 Å². The molecule has 0 bridgehead atoms. The van der Waals surface area contributed by atoms with Crippen LogP contribution in [0, 0.1) is 0 Å². The van der Waals surface area contributed by atoms with E-state index in [-0.39, 0.29) is 0 Å². The van der Waals surface area contributed by atoms with Gasteiger partial charge in [-0.3, -0.25) is 9.59 Å². The molecule has 0 aliphatic carbocycles. The molecule has 19 heavy (non-hydrogen) atoms. The Hall–Kier alpha value is -1.52. The molecule has 0 spiro atoms. The number of nitrogens with one attached hydrogen (secondary N) is 2. The zero-order chi connectivity index (χ0) is 14.8. The first-order chi connectivity index (χ1) is 8.51. The molecule has 5 nitrogen and oxygen atoms in total. The van der Waals surface area contributed by atoms with E-state index in [1.54, 1.807) is 0 Å². The van der Waals surface area contributed by atoms with Gasteiger partial charge in [-0.1, -0.05) is 0 Å². The third-order valence-electron chi connectivity index (χ3n) is 2.23. The van der Waals surface area contributed by atoms with Gasteiger partial charge < -0.3 is 15.4 Å². The number of ether oxygens (including phenoxy) is 1. The van der Waals surface area contributed by atoms with Crippen LogP contribution in [0.25, 0.3) is 0 Å². The van der Waals surface area contributed by atoms with Gasteiger partial charge in [-0.25, -0.2) is 0 Å². The van der Waals surface area contributed by atoms with Crippen LogP contribution >= 0.6 is 0 Å². The van der Waals surface area contributed by atoms with Crippen LogP contribution in [-0.2, 0) is 14.3 Å². The molecule has 110 valence electrons. The molecule has 1 rings (SSSR count). The minimum Gasteiger partial charge on any atom is -0.377 e. The lowest BCUT2D eigenvalue weighted by atomic mass is 10.1. The van der Waals surface area contributed by atoms with E-state index in [1.165, 1.54) is 10.6 Å². The number of rotatable bonds is 2. The Morgan fingerprint density at radius 3 is 1.42 bits per heavy atom. The average molecular weight is 294 g/mol. The summed E-state index contributed by atoms with van der Waals surface area (Å²) >= 11 is 0. The second-order valence-corrected chi connectivity index (χ2v) is 3.69. The molecule has 0 aromatic carbocycles. The van der Waals surface area contributed by atoms with Gasteiger partial charge in [0.1, 0.15) is 0 Å². The van der Waals surface area contributed by atoms with Crippen molar-refractivity contribution in [2.75, 3.05) is 13.2 Å². The van der Waals surface area contributed by atoms with Gasteiger partial charge in [0.25, 0.3) is 0 Å². The van der Waals surface area contributed by atoms with Crippen LogP contribution in [-0.4, -0.2) is 49.5 Å². The number of carbonyl (C=O) groups excluding carboxylic acids is 2. The van der Waals surface area contributed by atoms with Crippen LogP contribution in [0.2, 0.25) is 0 Å². The number of hydrogen-bond donors (Lipinski definition) is 2. The fourth-order valence-corrected chi connectivity index (χ4v) is 1.34. The van der Waals surface area contributed by atoms with Crippen LogP contribution in [0.4, 0.5) is 26.3 Å². The molecular weight excluding hydrogens is 286 g/mol. The van der Waals surface area contributed by atoms with E-state index < -0.39 is 49.5 Å². The van der Waals surface area contributed by atoms with E-state index in [0.717, 1.165) is 0 Å². The van der Waals surface area contributed by atoms with Gasteiger partial charge in [-0.2, -0.15) is 26.3 Å². The van der Waals surface area contributed by atoms with Crippen LogP contribution in [0.1, 0.15) is 0 Å². The van der Waals surface area contributed by atoms with Gasteiger partial charge >= 0.3 is 24.2 Å². The lowest BCUT2D eigenvalue weighted by Crippen LogP contribution is -2.55. The normalized spacial score (nSPS) is 24.1. The molecule has 11 heteroatoms. The molecule has 2 atom stereocenters. The summed E-state index contributed by atoms with van der Waals surface area (Å²) in [5.41, 5.74) is 0. The molecule has 0 aromatic rings. The number of carbonyl (C=O) groups is 2. The summed E-state index contributed by atoms with van der Waals surface area (Å²) in [5, 5.41) is 2.91. The lowest BCUT2D eigenvalue weighted by molar-refractivity contribution is -0.176. The summed E-state index contributed by atoms with van der Waals surface area (Å²) in [6, 6.07) is -2.75. The number of alkyl halides is 6. The Kier molecular flexibility index (Phi) is 4.28. The summed E-state index contributed by atoms with van der Waals surface area (Å²) in [7, 11) is 0. The molecule has 1 fully saturated rings. The van der Waals surface area contributed by atoms with Crippen molar-refractivity contribution in [1.29, 1.82) is 0 Å². The van der Waals surface area contributed by atoms with E-state index in [4.69, 9.17) is 0 Å². The van der Waals surface area contributed by atoms with Crippen LogP contribution in [0.15, 0.2) is 0 Å². The molecule has 0 saturated carbocycles. The number of halogens is 6. The Morgan fingerprint density at radius 2 is 1.16 bits per heavy atom.